The third-order valence-electron chi connectivity index (χ3n) is 5.07. The van der Waals surface area contributed by atoms with Crippen LogP contribution >= 0.6 is 12.4 Å². The summed E-state index contributed by atoms with van der Waals surface area (Å²) in [6.45, 7) is 8.27. The third kappa shape index (κ3) is 7.21. The summed E-state index contributed by atoms with van der Waals surface area (Å²) >= 11 is 0. The van der Waals surface area contributed by atoms with Crippen molar-refractivity contribution >= 4 is 24.4 Å². The van der Waals surface area contributed by atoms with Gasteiger partial charge in [-0.2, -0.15) is 0 Å². The van der Waals surface area contributed by atoms with Gasteiger partial charge in [0.1, 0.15) is 0 Å². The van der Waals surface area contributed by atoms with Gasteiger partial charge in [0.05, 0.1) is 0 Å². The van der Waals surface area contributed by atoms with Crippen molar-refractivity contribution in [2.45, 2.75) is 52.0 Å². The normalized spacial score (nSPS) is 15.3. The molecule has 3 nitrogen and oxygen atoms in total. The molecule has 4 heteroatoms. The highest BCUT2D eigenvalue weighted by molar-refractivity contribution is 5.92. The fraction of sp³-hybridized carbons (Fsp3) is 0.571. The van der Waals surface area contributed by atoms with Crippen LogP contribution < -0.4 is 0 Å². The second-order valence-corrected chi connectivity index (χ2v) is 6.59. The van der Waals surface area contributed by atoms with Crippen molar-refractivity contribution in [1.29, 1.82) is 0 Å². The monoisotopic (exact) mass is 364 g/mol. The molecule has 2 rings (SSSR count). The molecule has 0 heterocycles. The Hall–Kier alpha value is -1.32. The minimum atomic E-state index is 0. The first kappa shape index (κ1) is 21.7. The number of carbonyl (C=O) groups excluding carboxylic acids is 1. The summed E-state index contributed by atoms with van der Waals surface area (Å²) in [5, 5.41) is 0. The fourth-order valence-electron chi connectivity index (χ4n) is 3.48. The van der Waals surface area contributed by atoms with Crippen LogP contribution in [0, 0.1) is 0 Å². The standard InChI is InChI=1S/C21H32N2O.ClH/c1-3-22(4-2)17-18-23(20-13-9-6-10-14-20)21(24)16-15-19-11-7-5-8-12-19;/h5,7-8,11-12,15-16,20H,3-4,6,9-10,13-14,17-18H2,1-2H3;1H/b16-15+;. The number of nitrogens with zero attached hydrogens (tertiary/aromatic N) is 2. The van der Waals surface area contributed by atoms with E-state index in [4.69, 9.17) is 0 Å². The molecule has 1 aliphatic carbocycles. The summed E-state index contributed by atoms with van der Waals surface area (Å²) in [5.41, 5.74) is 1.08. The lowest BCUT2D eigenvalue weighted by atomic mass is 9.94. The molecule has 25 heavy (non-hydrogen) atoms. The van der Waals surface area contributed by atoms with E-state index in [1.165, 1.54) is 19.3 Å². The van der Waals surface area contributed by atoms with Crippen molar-refractivity contribution in [3.63, 3.8) is 0 Å². The summed E-state index contributed by atoms with van der Waals surface area (Å²) in [5.74, 6) is 0.165. The number of rotatable bonds is 8. The molecule has 1 aromatic carbocycles. The first-order valence-electron chi connectivity index (χ1n) is 9.50. The van der Waals surface area contributed by atoms with Crippen LogP contribution in [0.2, 0.25) is 0 Å². The molecule has 0 N–H and O–H groups in total. The van der Waals surface area contributed by atoms with Gasteiger partial charge in [-0.15, -0.1) is 12.4 Å². The molecule has 1 amide bonds. The van der Waals surface area contributed by atoms with Crippen molar-refractivity contribution in [3.05, 3.63) is 42.0 Å². The summed E-state index contributed by atoms with van der Waals surface area (Å²) in [6, 6.07) is 10.5. The van der Waals surface area contributed by atoms with Crippen LogP contribution in [0.1, 0.15) is 51.5 Å². The van der Waals surface area contributed by atoms with Gasteiger partial charge in [-0.25, -0.2) is 0 Å². The summed E-state index contributed by atoms with van der Waals surface area (Å²) in [6.07, 6.45) is 9.83. The highest BCUT2D eigenvalue weighted by Gasteiger charge is 2.24. The highest BCUT2D eigenvalue weighted by Crippen LogP contribution is 2.23. The van der Waals surface area contributed by atoms with Crippen LogP contribution in [-0.4, -0.2) is 47.9 Å². The van der Waals surface area contributed by atoms with Crippen molar-refractivity contribution in [1.82, 2.24) is 9.80 Å². The zero-order valence-electron chi connectivity index (χ0n) is 15.7. The number of carbonyl (C=O) groups is 1. The second kappa shape index (κ2) is 12.1. The van der Waals surface area contributed by atoms with E-state index in [0.29, 0.717) is 6.04 Å². The maximum atomic E-state index is 12.8. The van der Waals surface area contributed by atoms with E-state index < -0.39 is 0 Å². The lowest BCUT2D eigenvalue weighted by molar-refractivity contribution is -0.129. The number of likely N-dealkylation sites (N-methyl/N-ethyl adjacent to an activating group) is 1. The van der Waals surface area contributed by atoms with Gasteiger partial charge in [0.25, 0.3) is 0 Å². The molecule has 0 atom stereocenters. The van der Waals surface area contributed by atoms with Crippen LogP contribution in [0.3, 0.4) is 0 Å². The molecule has 140 valence electrons. The minimum absolute atomic E-state index is 0. The van der Waals surface area contributed by atoms with Crippen molar-refractivity contribution in [2.75, 3.05) is 26.2 Å². The van der Waals surface area contributed by atoms with Crippen molar-refractivity contribution in [2.24, 2.45) is 0 Å². The molecule has 1 fully saturated rings. The molecular weight excluding hydrogens is 332 g/mol. The van der Waals surface area contributed by atoms with Crippen molar-refractivity contribution < 1.29 is 4.79 Å². The fourth-order valence-corrected chi connectivity index (χ4v) is 3.48. The molecule has 0 aromatic heterocycles. The first-order chi connectivity index (χ1) is 11.7. The predicted molar refractivity (Wildman–Crippen MR) is 109 cm³/mol. The number of hydrogen-bond acceptors (Lipinski definition) is 2. The van der Waals surface area contributed by atoms with Gasteiger partial charge in [0.15, 0.2) is 0 Å². The molecule has 0 saturated heterocycles. The Morgan fingerprint density at radius 2 is 1.68 bits per heavy atom. The van der Waals surface area contributed by atoms with Gasteiger partial charge in [0, 0.05) is 25.2 Å². The van der Waals surface area contributed by atoms with Crippen LogP contribution in [0.25, 0.3) is 6.08 Å². The summed E-state index contributed by atoms with van der Waals surface area (Å²) in [4.78, 5) is 17.3. The number of benzene rings is 1. The Balaban J connectivity index is 0.00000312. The average molecular weight is 365 g/mol. The van der Waals surface area contributed by atoms with Crippen molar-refractivity contribution in [3.8, 4) is 0 Å². The van der Waals surface area contributed by atoms with Crippen LogP contribution in [-0.2, 0) is 4.79 Å². The SMILES string of the molecule is CCN(CC)CCN(C(=O)/C=C/c1ccccc1)C1CCCCC1.Cl. The quantitative estimate of drug-likeness (QED) is 0.628. The van der Waals surface area contributed by atoms with Crippen LogP contribution in [0.5, 0.6) is 0 Å². The highest BCUT2D eigenvalue weighted by atomic mass is 35.5. The molecule has 0 unspecified atom stereocenters. The van der Waals surface area contributed by atoms with E-state index >= 15 is 0 Å². The lowest BCUT2D eigenvalue weighted by Gasteiger charge is -2.35. The maximum Gasteiger partial charge on any atom is 0.246 e. The third-order valence-corrected chi connectivity index (χ3v) is 5.07. The van der Waals surface area contributed by atoms with Gasteiger partial charge in [-0.3, -0.25) is 4.79 Å². The zero-order chi connectivity index (χ0) is 17.2. The van der Waals surface area contributed by atoms with E-state index in [0.717, 1.165) is 44.6 Å². The van der Waals surface area contributed by atoms with E-state index in [1.807, 2.05) is 36.4 Å². The number of amides is 1. The topological polar surface area (TPSA) is 23.6 Å². The first-order valence-corrected chi connectivity index (χ1v) is 9.50. The molecule has 0 spiro atoms. The van der Waals surface area contributed by atoms with E-state index in [-0.39, 0.29) is 18.3 Å². The zero-order valence-corrected chi connectivity index (χ0v) is 16.5. The van der Waals surface area contributed by atoms with E-state index in [1.54, 1.807) is 6.08 Å². The number of hydrogen-bond donors (Lipinski definition) is 0. The smallest absolute Gasteiger partial charge is 0.246 e. The van der Waals surface area contributed by atoms with E-state index in [9.17, 15) is 4.79 Å². The summed E-state index contributed by atoms with van der Waals surface area (Å²) < 4.78 is 0. The average Bonchev–Trinajstić information content (AvgIpc) is 2.65. The Labute approximate surface area is 159 Å². The molecule has 1 saturated carbocycles. The lowest BCUT2D eigenvalue weighted by Crippen LogP contribution is -2.45. The Morgan fingerprint density at radius 1 is 1.04 bits per heavy atom. The van der Waals surface area contributed by atoms with Gasteiger partial charge in [0.2, 0.25) is 5.91 Å². The molecule has 1 aromatic rings. The molecule has 0 bridgehead atoms. The molecule has 0 radical (unpaired) electrons. The molecule has 0 aliphatic heterocycles. The van der Waals surface area contributed by atoms with Crippen LogP contribution in [0.15, 0.2) is 36.4 Å². The van der Waals surface area contributed by atoms with Gasteiger partial charge < -0.3 is 9.80 Å². The maximum absolute atomic E-state index is 12.8. The molecular formula is C21H33ClN2O. The van der Waals surface area contributed by atoms with Gasteiger partial charge in [-0.05, 0) is 37.6 Å². The van der Waals surface area contributed by atoms with Gasteiger partial charge >= 0.3 is 0 Å². The Morgan fingerprint density at radius 3 is 2.28 bits per heavy atom. The Kier molecular flexibility index (Phi) is 10.5. The summed E-state index contributed by atoms with van der Waals surface area (Å²) in [7, 11) is 0. The second-order valence-electron chi connectivity index (χ2n) is 6.59. The largest absolute Gasteiger partial charge is 0.335 e. The minimum Gasteiger partial charge on any atom is -0.335 e. The Bertz CT molecular complexity index is 508. The van der Waals surface area contributed by atoms with E-state index in [2.05, 4.69) is 23.6 Å². The van der Waals surface area contributed by atoms with Crippen LogP contribution in [0.4, 0.5) is 0 Å². The van der Waals surface area contributed by atoms with Gasteiger partial charge in [-0.1, -0.05) is 63.4 Å². The number of halogens is 1. The predicted octanol–water partition coefficient (Wildman–Crippen LogP) is 4.62. The molecule has 1 aliphatic rings.